The molecule has 7 heteroatoms. The number of rotatable bonds is 2. The highest BCUT2D eigenvalue weighted by Crippen LogP contribution is 2.25. The molecule has 0 radical (unpaired) electrons. The fourth-order valence-electron chi connectivity index (χ4n) is 3.20. The number of fused-ring (bicyclic) bond motifs is 1. The molecule has 25 heavy (non-hydrogen) atoms. The van der Waals surface area contributed by atoms with Crippen LogP contribution in [0.2, 0.25) is 0 Å². The van der Waals surface area contributed by atoms with Gasteiger partial charge < -0.3 is 19.0 Å². The van der Waals surface area contributed by atoms with E-state index in [1.54, 1.807) is 11.8 Å². The Balaban J connectivity index is 1.58. The topological polar surface area (TPSA) is 84.2 Å². The lowest BCUT2D eigenvalue weighted by Gasteiger charge is -2.31. The van der Waals surface area contributed by atoms with Crippen LogP contribution in [0.5, 0.6) is 0 Å². The van der Waals surface area contributed by atoms with Gasteiger partial charge in [-0.25, -0.2) is 0 Å². The molecule has 1 amide bonds. The first-order valence-corrected chi connectivity index (χ1v) is 8.32. The Hall–Kier alpha value is -2.67. The maximum atomic E-state index is 12.9. The van der Waals surface area contributed by atoms with E-state index in [1.165, 1.54) is 5.56 Å². The van der Waals surface area contributed by atoms with Gasteiger partial charge in [-0.1, -0.05) is 0 Å². The first-order valence-electron chi connectivity index (χ1n) is 8.32. The van der Waals surface area contributed by atoms with Crippen LogP contribution < -0.4 is 0 Å². The van der Waals surface area contributed by atoms with Gasteiger partial charge in [-0.3, -0.25) is 4.79 Å². The Kier molecular flexibility index (Phi) is 3.80. The van der Waals surface area contributed by atoms with Gasteiger partial charge in [0.05, 0.1) is 13.2 Å². The van der Waals surface area contributed by atoms with Crippen molar-refractivity contribution in [1.82, 2.24) is 20.1 Å². The monoisotopic (exact) mass is 340 g/mol. The molecule has 3 heterocycles. The lowest BCUT2D eigenvalue weighted by Crippen LogP contribution is -2.42. The van der Waals surface area contributed by atoms with Crippen LogP contribution in [0.4, 0.5) is 0 Å². The van der Waals surface area contributed by atoms with Crippen molar-refractivity contribution in [3.63, 3.8) is 0 Å². The normalized spacial score (nSPS) is 18.0. The quantitative estimate of drug-likeness (QED) is 0.775. The highest BCUT2D eigenvalue weighted by molar-refractivity contribution is 5.99. The summed E-state index contributed by atoms with van der Waals surface area (Å²) >= 11 is 0. The molecule has 1 fully saturated rings. The second-order valence-corrected chi connectivity index (χ2v) is 6.41. The summed E-state index contributed by atoms with van der Waals surface area (Å²) in [5.74, 6) is 0.901. The predicted octanol–water partition coefficient (Wildman–Crippen LogP) is 2.69. The Labute approximate surface area is 145 Å². The van der Waals surface area contributed by atoms with Crippen LogP contribution >= 0.6 is 0 Å². The highest BCUT2D eigenvalue weighted by atomic mass is 16.5. The van der Waals surface area contributed by atoms with Crippen molar-refractivity contribution in [1.29, 1.82) is 0 Å². The molecule has 1 aliphatic rings. The molecule has 1 atom stereocenters. The average Bonchev–Trinajstić information content (AvgIpc) is 3.18. The third kappa shape index (κ3) is 2.80. The van der Waals surface area contributed by atoms with E-state index in [-0.39, 0.29) is 12.0 Å². The standard InChI is InChI=1S/C18H20N4O3/c1-10-11(2)19-15-5-4-13(8-14(10)15)18(23)22-6-7-24-16(9-22)17-21-20-12(3)25-17/h4-5,8,16,19H,6-7,9H2,1-3H3/t16-/m0/s1. The number of nitrogens with one attached hydrogen (secondary N) is 1. The van der Waals surface area contributed by atoms with Crippen molar-refractivity contribution >= 4 is 16.8 Å². The number of morpholine rings is 1. The number of hydrogen-bond acceptors (Lipinski definition) is 5. The Morgan fingerprint density at radius 3 is 2.88 bits per heavy atom. The van der Waals surface area contributed by atoms with E-state index < -0.39 is 0 Å². The zero-order valence-corrected chi connectivity index (χ0v) is 14.5. The van der Waals surface area contributed by atoms with Gasteiger partial charge in [0.15, 0.2) is 6.10 Å². The summed E-state index contributed by atoms with van der Waals surface area (Å²) in [6, 6.07) is 5.78. The number of nitrogens with zero attached hydrogens (tertiary/aromatic N) is 3. The third-order valence-electron chi connectivity index (χ3n) is 4.73. The van der Waals surface area contributed by atoms with Crippen molar-refractivity contribution in [2.75, 3.05) is 19.7 Å². The molecule has 7 nitrogen and oxygen atoms in total. The summed E-state index contributed by atoms with van der Waals surface area (Å²) in [6.45, 7) is 7.23. The lowest BCUT2D eigenvalue weighted by molar-refractivity contribution is -0.0349. The van der Waals surface area contributed by atoms with Gasteiger partial charge in [-0.05, 0) is 37.6 Å². The number of aromatic amines is 1. The number of carbonyl (C=O) groups is 1. The maximum absolute atomic E-state index is 12.9. The fourth-order valence-corrected chi connectivity index (χ4v) is 3.20. The summed E-state index contributed by atoms with van der Waals surface area (Å²) < 4.78 is 11.1. The van der Waals surface area contributed by atoms with Crippen molar-refractivity contribution < 1.29 is 13.9 Å². The van der Waals surface area contributed by atoms with Crippen LogP contribution in [0.3, 0.4) is 0 Å². The number of ether oxygens (including phenoxy) is 1. The van der Waals surface area contributed by atoms with Gasteiger partial charge in [0, 0.05) is 35.6 Å². The second kappa shape index (κ2) is 6.00. The van der Waals surface area contributed by atoms with E-state index in [2.05, 4.69) is 22.1 Å². The second-order valence-electron chi connectivity index (χ2n) is 6.41. The van der Waals surface area contributed by atoms with Gasteiger partial charge in [0.2, 0.25) is 11.8 Å². The van der Waals surface area contributed by atoms with E-state index >= 15 is 0 Å². The molecule has 1 N–H and O–H groups in total. The maximum Gasteiger partial charge on any atom is 0.254 e. The van der Waals surface area contributed by atoms with E-state index in [1.807, 2.05) is 25.1 Å². The Bertz CT molecular complexity index is 943. The van der Waals surface area contributed by atoms with Gasteiger partial charge in [0.1, 0.15) is 0 Å². The van der Waals surface area contributed by atoms with Crippen LogP contribution in [0.1, 0.15) is 39.5 Å². The largest absolute Gasteiger partial charge is 0.423 e. The molecule has 130 valence electrons. The first kappa shape index (κ1) is 15.8. The van der Waals surface area contributed by atoms with Gasteiger partial charge in [0.25, 0.3) is 5.91 Å². The zero-order chi connectivity index (χ0) is 17.6. The van der Waals surface area contributed by atoms with Crippen molar-refractivity contribution in [3.05, 3.63) is 46.8 Å². The smallest absolute Gasteiger partial charge is 0.254 e. The number of aryl methyl sites for hydroxylation is 3. The number of aromatic nitrogens is 3. The Morgan fingerprint density at radius 2 is 2.12 bits per heavy atom. The van der Waals surface area contributed by atoms with E-state index in [4.69, 9.17) is 9.15 Å². The van der Waals surface area contributed by atoms with E-state index in [9.17, 15) is 4.79 Å². The van der Waals surface area contributed by atoms with Crippen LogP contribution in [0.15, 0.2) is 22.6 Å². The summed E-state index contributed by atoms with van der Waals surface area (Å²) in [4.78, 5) is 18.0. The Morgan fingerprint density at radius 1 is 1.28 bits per heavy atom. The summed E-state index contributed by atoms with van der Waals surface area (Å²) in [7, 11) is 0. The van der Waals surface area contributed by atoms with Gasteiger partial charge in [-0.15, -0.1) is 10.2 Å². The molecule has 0 aliphatic carbocycles. The molecule has 1 aliphatic heterocycles. The summed E-state index contributed by atoms with van der Waals surface area (Å²) in [6.07, 6.45) is -0.376. The average molecular weight is 340 g/mol. The molecule has 4 rings (SSSR count). The lowest BCUT2D eigenvalue weighted by atomic mass is 10.1. The first-order chi connectivity index (χ1) is 12.0. The molecule has 1 saturated heterocycles. The van der Waals surface area contributed by atoms with Crippen LogP contribution in [-0.2, 0) is 4.74 Å². The molecule has 0 spiro atoms. The zero-order valence-electron chi connectivity index (χ0n) is 14.5. The van der Waals surface area contributed by atoms with Gasteiger partial charge >= 0.3 is 0 Å². The minimum atomic E-state index is -0.376. The van der Waals surface area contributed by atoms with Crippen molar-refractivity contribution in [2.24, 2.45) is 0 Å². The SMILES string of the molecule is Cc1nnc([C@@H]2CN(C(=O)c3ccc4[nH]c(C)c(C)c4c3)CCO2)o1. The molecule has 0 unspecified atom stereocenters. The van der Waals surface area contributed by atoms with Crippen LogP contribution in [-0.4, -0.2) is 45.7 Å². The predicted molar refractivity (Wildman–Crippen MR) is 91.4 cm³/mol. The summed E-state index contributed by atoms with van der Waals surface area (Å²) in [5, 5.41) is 8.92. The molecule has 3 aromatic rings. The summed E-state index contributed by atoms with van der Waals surface area (Å²) in [5.41, 5.74) is 4.02. The van der Waals surface area contributed by atoms with Crippen LogP contribution in [0, 0.1) is 20.8 Å². The minimum Gasteiger partial charge on any atom is -0.423 e. The molecule has 0 bridgehead atoms. The molecule has 0 saturated carbocycles. The number of hydrogen-bond donors (Lipinski definition) is 1. The van der Waals surface area contributed by atoms with E-state index in [0.717, 1.165) is 16.6 Å². The molecular formula is C18H20N4O3. The number of amides is 1. The molecule has 2 aromatic heterocycles. The van der Waals surface area contributed by atoms with Crippen molar-refractivity contribution in [2.45, 2.75) is 26.9 Å². The molecular weight excluding hydrogens is 320 g/mol. The number of carbonyl (C=O) groups excluding carboxylic acids is 1. The third-order valence-corrected chi connectivity index (χ3v) is 4.73. The van der Waals surface area contributed by atoms with E-state index in [0.29, 0.717) is 37.0 Å². The van der Waals surface area contributed by atoms with Crippen LogP contribution in [0.25, 0.3) is 10.9 Å². The van der Waals surface area contributed by atoms with Gasteiger partial charge in [-0.2, -0.15) is 0 Å². The fraction of sp³-hybridized carbons (Fsp3) is 0.389. The minimum absolute atomic E-state index is 0.00955. The highest BCUT2D eigenvalue weighted by Gasteiger charge is 2.29. The number of H-pyrrole nitrogens is 1. The van der Waals surface area contributed by atoms with Crippen molar-refractivity contribution in [3.8, 4) is 0 Å². The number of benzene rings is 1. The molecule has 1 aromatic carbocycles.